The number of rotatable bonds is 5. The van der Waals surface area contributed by atoms with E-state index in [4.69, 9.17) is 0 Å². The molecule has 2 N–H and O–H groups in total. The number of aromatic nitrogens is 2. The number of benzene rings is 1. The molecule has 5 nitrogen and oxygen atoms in total. The van der Waals surface area contributed by atoms with Crippen LogP contribution in [0.3, 0.4) is 0 Å². The zero-order chi connectivity index (χ0) is 15.9. The van der Waals surface area contributed by atoms with Gasteiger partial charge in [0.15, 0.2) is 5.82 Å². The maximum atomic E-state index is 12.2. The molecule has 23 heavy (non-hydrogen) atoms. The van der Waals surface area contributed by atoms with Crippen LogP contribution in [-0.2, 0) is 11.3 Å². The van der Waals surface area contributed by atoms with Gasteiger partial charge in [0.25, 0.3) is 0 Å². The molecule has 0 aliphatic heterocycles. The van der Waals surface area contributed by atoms with Crippen LogP contribution in [0.4, 0.5) is 11.6 Å². The van der Waals surface area contributed by atoms with E-state index in [2.05, 4.69) is 33.0 Å². The summed E-state index contributed by atoms with van der Waals surface area (Å²) in [6, 6.07) is 13.7. The number of hydrogen-bond donors (Lipinski definition) is 2. The molecule has 1 fully saturated rings. The topological polar surface area (TPSA) is 66.9 Å². The molecule has 1 aromatic carbocycles. The van der Waals surface area contributed by atoms with Crippen molar-refractivity contribution in [2.24, 2.45) is 5.92 Å². The number of amides is 1. The van der Waals surface area contributed by atoms with Gasteiger partial charge in [-0.05, 0) is 30.5 Å². The van der Waals surface area contributed by atoms with Gasteiger partial charge in [0, 0.05) is 12.5 Å². The van der Waals surface area contributed by atoms with E-state index < -0.39 is 0 Å². The molecule has 1 aromatic heterocycles. The lowest BCUT2D eigenvalue weighted by atomic mass is 9.89. The third-order valence-electron chi connectivity index (χ3n) is 4.21. The maximum Gasteiger partial charge on any atom is 0.228 e. The Morgan fingerprint density at radius 3 is 2.35 bits per heavy atom. The number of anilines is 2. The lowest BCUT2D eigenvalue weighted by Gasteiger charge is -2.20. The largest absolute Gasteiger partial charge is 0.365 e. The van der Waals surface area contributed by atoms with E-state index in [1.165, 1.54) is 12.0 Å². The van der Waals surface area contributed by atoms with Crippen LogP contribution in [-0.4, -0.2) is 16.1 Å². The molecule has 1 amide bonds. The summed E-state index contributed by atoms with van der Waals surface area (Å²) in [7, 11) is 0. The average Bonchev–Trinajstić information content (AvgIpc) is 2.63. The van der Waals surface area contributed by atoms with Crippen LogP contribution in [0, 0.1) is 5.92 Å². The Bertz CT molecular complexity index is 621. The smallest absolute Gasteiger partial charge is 0.228 e. The fourth-order valence-electron chi connectivity index (χ4n) is 2.87. The van der Waals surface area contributed by atoms with Crippen LogP contribution in [0.1, 0.15) is 37.7 Å². The Balaban J connectivity index is 1.51. The summed E-state index contributed by atoms with van der Waals surface area (Å²) in [6.45, 7) is 0.698. The Kier molecular flexibility index (Phi) is 5.19. The van der Waals surface area contributed by atoms with Gasteiger partial charge in [-0.15, -0.1) is 10.2 Å². The molecule has 120 valence electrons. The predicted octanol–water partition coefficient (Wildman–Crippen LogP) is 3.61. The van der Waals surface area contributed by atoms with Crippen LogP contribution in [0.2, 0.25) is 0 Å². The van der Waals surface area contributed by atoms with E-state index in [1.54, 1.807) is 6.07 Å². The van der Waals surface area contributed by atoms with Crippen molar-refractivity contribution in [1.29, 1.82) is 0 Å². The number of nitrogens with one attached hydrogen (secondary N) is 2. The van der Waals surface area contributed by atoms with Gasteiger partial charge in [0.2, 0.25) is 5.91 Å². The van der Waals surface area contributed by atoms with Gasteiger partial charge in [0.05, 0.1) is 0 Å². The van der Waals surface area contributed by atoms with Crippen molar-refractivity contribution < 1.29 is 4.79 Å². The highest BCUT2D eigenvalue weighted by Crippen LogP contribution is 2.24. The molecule has 0 atom stereocenters. The quantitative estimate of drug-likeness (QED) is 0.885. The molecule has 2 aromatic rings. The van der Waals surface area contributed by atoms with Crippen LogP contribution >= 0.6 is 0 Å². The zero-order valence-electron chi connectivity index (χ0n) is 13.2. The van der Waals surface area contributed by atoms with E-state index >= 15 is 0 Å². The minimum Gasteiger partial charge on any atom is -0.365 e. The summed E-state index contributed by atoms with van der Waals surface area (Å²) in [5, 5.41) is 14.3. The predicted molar refractivity (Wildman–Crippen MR) is 91.0 cm³/mol. The summed E-state index contributed by atoms with van der Waals surface area (Å²) in [6.07, 6.45) is 5.50. The molecule has 0 saturated heterocycles. The van der Waals surface area contributed by atoms with Crippen molar-refractivity contribution in [3.8, 4) is 0 Å². The van der Waals surface area contributed by atoms with Crippen molar-refractivity contribution >= 4 is 17.5 Å². The highest BCUT2D eigenvalue weighted by atomic mass is 16.1. The van der Waals surface area contributed by atoms with E-state index in [0.29, 0.717) is 18.2 Å². The first-order valence-corrected chi connectivity index (χ1v) is 8.23. The number of hydrogen-bond acceptors (Lipinski definition) is 4. The first kappa shape index (κ1) is 15.5. The number of carbonyl (C=O) groups excluding carboxylic acids is 1. The minimum absolute atomic E-state index is 0.0731. The van der Waals surface area contributed by atoms with Gasteiger partial charge in [-0.25, -0.2) is 0 Å². The second-order valence-electron chi connectivity index (χ2n) is 5.97. The van der Waals surface area contributed by atoms with Gasteiger partial charge in [-0.1, -0.05) is 49.6 Å². The molecule has 5 heteroatoms. The monoisotopic (exact) mass is 310 g/mol. The van der Waals surface area contributed by atoms with E-state index in [-0.39, 0.29) is 11.8 Å². The van der Waals surface area contributed by atoms with Crippen molar-refractivity contribution in [3.05, 3.63) is 48.0 Å². The SMILES string of the molecule is O=C(Nc1ccc(NCc2ccccc2)nn1)C1CCCCC1. The molecular weight excluding hydrogens is 288 g/mol. The third kappa shape index (κ3) is 4.52. The fraction of sp³-hybridized carbons (Fsp3) is 0.389. The first-order valence-electron chi connectivity index (χ1n) is 8.23. The summed E-state index contributed by atoms with van der Waals surface area (Å²) >= 11 is 0. The van der Waals surface area contributed by atoms with Crippen LogP contribution in [0.25, 0.3) is 0 Å². The molecular formula is C18H22N4O. The van der Waals surface area contributed by atoms with Gasteiger partial charge in [-0.2, -0.15) is 0 Å². The zero-order valence-corrected chi connectivity index (χ0v) is 13.2. The number of carbonyl (C=O) groups is 1. The van der Waals surface area contributed by atoms with Crippen molar-refractivity contribution in [2.75, 3.05) is 10.6 Å². The molecule has 1 aliphatic rings. The van der Waals surface area contributed by atoms with Crippen LogP contribution < -0.4 is 10.6 Å². The average molecular weight is 310 g/mol. The molecule has 1 aliphatic carbocycles. The highest BCUT2D eigenvalue weighted by Gasteiger charge is 2.21. The molecule has 1 heterocycles. The van der Waals surface area contributed by atoms with Gasteiger partial charge >= 0.3 is 0 Å². The maximum absolute atomic E-state index is 12.2. The first-order chi connectivity index (χ1) is 11.3. The fourth-order valence-corrected chi connectivity index (χ4v) is 2.87. The number of nitrogens with zero attached hydrogens (tertiary/aromatic N) is 2. The summed E-state index contributed by atoms with van der Waals surface area (Å²) in [5.41, 5.74) is 1.18. The standard InChI is InChI=1S/C18H22N4O/c23-18(15-9-5-2-6-10-15)20-17-12-11-16(21-22-17)19-13-14-7-3-1-4-8-14/h1,3-4,7-8,11-12,15H,2,5-6,9-10,13H2,(H,19,21)(H,20,22,23). The lowest BCUT2D eigenvalue weighted by Crippen LogP contribution is -2.25. The molecule has 0 unspecified atom stereocenters. The van der Waals surface area contributed by atoms with Gasteiger partial charge < -0.3 is 10.6 Å². The minimum atomic E-state index is 0.0731. The second kappa shape index (κ2) is 7.72. The molecule has 1 saturated carbocycles. The third-order valence-corrected chi connectivity index (χ3v) is 4.21. The molecule has 0 radical (unpaired) electrons. The van der Waals surface area contributed by atoms with Crippen molar-refractivity contribution in [3.63, 3.8) is 0 Å². The van der Waals surface area contributed by atoms with Crippen LogP contribution in [0.15, 0.2) is 42.5 Å². The summed E-state index contributed by atoms with van der Waals surface area (Å²) < 4.78 is 0. The van der Waals surface area contributed by atoms with Crippen molar-refractivity contribution in [1.82, 2.24) is 10.2 Å². The van der Waals surface area contributed by atoms with E-state index in [9.17, 15) is 4.79 Å². The highest BCUT2D eigenvalue weighted by molar-refractivity contribution is 5.91. The molecule has 3 rings (SSSR count). The second-order valence-corrected chi connectivity index (χ2v) is 5.97. The van der Waals surface area contributed by atoms with Gasteiger partial charge in [-0.3, -0.25) is 4.79 Å². The van der Waals surface area contributed by atoms with E-state index in [0.717, 1.165) is 25.7 Å². The Morgan fingerprint density at radius 2 is 1.65 bits per heavy atom. The Labute approximate surface area is 136 Å². The summed E-state index contributed by atoms with van der Waals surface area (Å²) in [5.74, 6) is 1.42. The Morgan fingerprint density at radius 1 is 0.957 bits per heavy atom. The van der Waals surface area contributed by atoms with Crippen LogP contribution in [0.5, 0.6) is 0 Å². The van der Waals surface area contributed by atoms with E-state index in [1.807, 2.05) is 24.3 Å². The van der Waals surface area contributed by atoms with Crippen molar-refractivity contribution in [2.45, 2.75) is 38.6 Å². The molecule has 0 spiro atoms. The molecule has 0 bridgehead atoms. The Hall–Kier alpha value is -2.43. The van der Waals surface area contributed by atoms with Gasteiger partial charge in [0.1, 0.15) is 5.82 Å². The summed E-state index contributed by atoms with van der Waals surface area (Å²) in [4.78, 5) is 12.2. The normalized spacial score (nSPS) is 15.1. The lowest BCUT2D eigenvalue weighted by molar-refractivity contribution is -0.120.